The minimum absolute atomic E-state index is 0.134. The van der Waals surface area contributed by atoms with Gasteiger partial charge in [0.05, 0.1) is 13.7 Å². The molecule has 1 aliphatic heterocycles. The number of halogens is 3. The fraction of sp³-hybridized carbons (Fsp3) is 0.727. The Labute approximate surface area is 119 Å². The molecule has 0 aromatic carbocycles. The maximum atomic E-state index is 12.7. The molecule has 1 aromatic heterocycles. The first-order chi connectivity index (χ1) is 9.86. The topological polar surface area (TPSA) is 72.3 Å². The number of methoxy groups -OCH3 is 1. The van der Waals surface area contributed by atoms with Gasteiger partial charge in [0.15, 0.2) is 0 Å². The summed E-state index contributed by atoms with van der Waals surface area (Å²) in [4.78, 5) is 13.3. The average Bonchev–Trinajstić information content (AvgIpc) is 2.86. The van der Waals surface area contributed by atoms with Gasteiger partial charge in [-0.3, -0.25) is 9.69 Å². The molecule has 0 fully saturated rings. The van der Waals surface area contributed by atoms with Crippen molar-refractivity contribution >= 4 is 5.97 Å². The van der Waals surface area contributed by atoms with E-state index < -0.39 is 24.0 Å². The molecule has 0 saturated heterocycles. The number of hydrogen-bond donors (Lipinski definition) is 1. The summed E-state index contributed by atoms with van der Waals surface area (Å²) >= 11 is 0. The molecule has 1 aliphatic rings. The molecule has 2 heterocycles. The lowest BCUT2D eigenvalue weighted by Crippen LogP contribution is -2.47. The quantitative estimate of drug-likeness (QED) is 0.782. The largest absolute Gasteiger partial charge is 0.468 e. The molecule has 0 spiro atoms. The fourth-order valence-electron chi connectivity index (χ4n) is 2.26. The number of carbonyl (C=O) groups is 1. The monoisotopic (exact) mass is 307 g/mol. The summed E-state index contributed by atoms with van der Waals surface area (Å²) in [5.41, 5.74) is 0. The number of hydrogen-bond acceptors (Lipinski definition) is 6. The van der Waals surface area contributed by atoms with E-state index in [1.165, 1.54) is 7.11 Å². The molecule has 1 aromatic rings. The highest BCUT2D eigenvalue weighted by molar-refractivity contribution is 5.75. The molecule has 1 atom stereocenters. The van der Waals surface area contributed by atoms with E-state index in [0.29, 0.717) is 13.1 Å². The van der Waals surface area contributed by atoms with E-state index in [9.17, 15) is 18.0 Å². The number of carbonyl (C=O) groups excluding carboxylic acids is 1. The van der Waals surface area contributed by atoms with Crippen LogP contribution >= 0.6 is 0 Å². The smallest absolute Gasteiger partial charge is 0.451 e. The third-order valence-corrected chi connectivity index (χ3v) is 3.36. The van der Waals surface area contributed by atoms with Gasteiger partial charge < -0.3 is 14.6 Å². The molecule has 21 heavy (non-hydrogen) atoms. The van der Waals surface area contributed by atoms with Gasteiger partial charge in [-0.1, -0.05) is 0 Å². The van der Waals surface area contributed by atoms with Gasteiger partial charge in [-0.15, -0.1) is 10.2 Å². The summed E-state index contributed by atoms with van der Waals surface area (Å²) in [5, 5.41) is 9.61. The van der Waals surface area contributed by atoms with Gasteiger partial charge in [0.2, 0.25) is 5.82 Å². The second-order valence-electron chi connectivity index (χ2n) is 4.69. The van der Waals surface area contributed by atoms with Crippen LogP contribution in [0.1, 0.15) is 11.6 Å². The lowest BCUT2D eigenvalue weighted by atomic mass is 10.2. The van der Waals surface area contributed by atoms with E-state index in [1.54, 1.807) is 7.05 Å². The Hall–Kier alpha value is -1.68. The maximum Gasteiger partial charge on any atom is 0.451 e. The van der Waals surface area contributed by atoms with Crippen LogP contribution < -0.4 is 5.32 Å². The van der Waals surface area contributed by atoms with Gasteiger partial charge in [0.25, 0.3) is 0 Å². The summed E-state index contributed by atoms with van der Waals surface area (Å²) in [6, 6.07) is -0.536. The van der Waals surface area contributed by atoms with Crippen molar-refractivity contribution in [3.05, 3.63) is 11.6 Å². The van der Waals surface area contributed by atoms with Crippen LogP contribution in [-0.4, -0.2) is 58.9 Å². The van der Waals surface area contributed by atoms with Gasteiger partial charge in [-0.2, -0.15) is 13.2 Å². The summed E-state index contributed by atoms with van der Waals surface area (Å²) in [5.74, 6) is -1.15. The van der Waals surface area contributed by atoms with Crippen molar-refractivity contribution in [2.75, 3.05) is 27.2 Å². The van der Waals surface area contributed by atoms with Crippen LogP contribution in [0.3, 0.4) is 0 Å². The number of nitrogens with one attached hydrogen (secondary N) is 1. The van der Waals surface area contributed by atoms with Gasteiger partial charge in [0, 0.05) is 19.6 Å². The Bertz CT molecular complexity index is 516. The standard InChI is InChI=1S/C11H16F3N5O2/c1-15-7(9(20)21-2)5-18-3-4-19-8(6-18)16-17-10(19)11(12,13)14/h7,15H,3-6H2,1-2H3. The van der Waals surface area contributed by atoms with Crippen LogP contribution in [0, 0.1) is 0 Å². The summed E-state index contributed by atoms with van der Waals surface area (Å²) in [7, 11) is 2.91. The Morgan fingerprint density at radius 3 is 2.71 bits per heavy atom. The summed E-state index contributed by atoms with van der Waals surface area (Å²) in [6.07, 6.45) is -4.51. The summed E-state index contributed by atoms with van der Waals surface area (Å²) < 4.78 is 43.9. The number of esters is 1. The number of fused-ring (bicyclic) bond motifs is 1. The van der Waals surface area contributed by atoms with Crippen LogP contribution in [0.4, 0.5) is 13.2 Å². The van der Waals surface area contributed by atoms with Crippen molar-refractivity contribution in [1.29, 1.82) is 0 Å². The first-order valence-electron chi connectivity index (χ1n) is 6.33. The van der Waals surface area contributed by atoms with Crippen molar-refractivity contribution < 1.29 is 22.7 Å². The molecule has 0 radical (unpaired) electrons. The van der Waals surface area contributed by atoms with Crippen LogP contribution in [0.2, 0.25) is 0 Å². The lowest BCUT2D eigenvalue weighted by Gasteiger charge is -2.30. The van der Waals surface area contributed by atoms with Crippen molar-refractivity contribution in [3.8, 4) is 0 Å². The van der Waals surface area contributed by atoms with Crippen molar-refractivity contribution in [3.63, 3.8) is 0 Å². The molecular formula is C11H16F3N5O2. The van der Waals surface area contributed by atoms with Gasteiger partial charge in [0.1, 0.15) is 11.9 Å². The van der Waals surface area contributed by atoms with E-state index in [2.05, 4.69) is 20.3 Å². The molecule has 0 bridgehead atoms. The van der Waals surface area contributed by atoms with Crippen molar-refractivity contribution in [2.24, 2.45) is 0 Å². The molecule has 2 rings (SSSR count). The normalized spacial score (nSPS) is 17.4. The lowest BCUT2D eigenvalue weighted by molar-refractivity contribution is -0.148. The van der Waals surface area contributed by atoms with Gasteiger partial charge in [-0.05, 0) is 7.05 Å². The predicted octanol–water partition coefficient (Wildman–Crippen LogP) is -0.127. The maximum absolute atomic E-state index is 12.7. The van der Waals surface area contributed by atoms with Crippen molar-refractivity contribution in [1.82, 2.24) is 25.0 Å². The van der Waals surface area contributed by atoms with Crippen LogP contribution in [0.25, 0.3) is 0 Å². The second-order valence-corrected chi connectivity index (χ2v) is 4.69. The highest BCUT2D eigenvalue weighted by atomic mass is 19.4. The Kier molecular flexibility index (Phi) is 4.47. The molecule has 1 unspecified atom stereocenters. The molecule has 0 aliphatic carbocycles. The zero-order valence-electron chi connectivity index (χ0n) is 11.6. The Morgan fingerprint density at radius 1 is 1.43 bits per heavy atom. The third-order valence-electron chi connectivity index (χ3n) is 3.36. The molecule has 7 nitrogen and oxygen atoms in total. The van der Waals surface area contributed by atoms with Gasteiger partial charge in [-0.25, -0.2) is 0 Å². The van der Waals surface area contributed by atoms with Crippen LogP contribution in [0.5, 0.6) is 0 Å². The van der Waals surface area contributed by atoms with Gasteiger partial charge >= 0.3 is 12.1 Å². The average molecular weight is 307 g/mol. The number of nitrogens with zero attached hydrogens (tertiary/aromatic N) is 4. The molecule has 10 heteroatoms. The number of rotatable bonds is 4. The minimum Gasteiger partial charge on any atom is -0.468 e. The first-order valence-corrected chi connectivity index (χ1v) is 6.33. The molecule has 118 valence electrons. The van der Waals surface area contributed by atoms with Crippen LogP contribution in [-0.2, 0) is 28.8 Å². The molecule has 1 N–H and O–H groups in total. The van der Waals surface area contributed by atoms with E-state index in [1.807, 2.05) is 4.90 Å². The molecule has 0 saturated carbocycles. The first kappa shape index (κ1) is 15.7. The van der Waals surface area contributed by atoms with E-state index in [4.69, 9.17) is 0 Å². The third kappa shape index (κ3) is 3.32. The highest BCUT2D eigenvalue weighted by Crippen LogP contribution is 2.29. The Morgan fingerprint density at radius 2 is 2.14 bits per heavy atom. The van der Waals surface area contributed by atoms with Crippen molar-refractivity contribution in [2.45, 2.75) is 25.3 Å². The second kappa shape index (κ2) is 5.98. The predicted molar refractivity (Wildman–Crippen MR) is 65.2 cm³/mol. The van der Waals surface area contributed by atoms with E-state index in [-0.39, 0.29) is 18.9 Å². The van der Waals surface area contributed by atoms with Crippen LogP contribution in [0.15, 0.2) is 0 Å². The van der Waals surface area contributed by atoms with E-state index >= 15 is 0 Å². The number of ether oxygens (including phenoxy) is 1. The minimum atomic E-state index is -4.51. The SMILES string of the molecule is CNC(CN1CCn2c(nnc2C(F)(F)F)C1)C(=O)OC. The zero-order chi connectivity index (χ0) is 15.6. The Balaban J connectivity index is 2.07. The number of alkyl halides is 3. The summed E-state index contributed by atoms with van der Waals surface area (Å²) in [6.45, 7) is 1.05. The zero-order valence-corrected chi connectivity index (χ0v) is 11.6. The fourth-order valence-corrected chi connectivity index (χ4v) is 2.26. The number of likely N-dealkylation sites (N-methyl/N-ethyl adjacent to an activating group) is 1. The molecule has 0 amide bonds. The van der Waals surface area contributed by atoms with E-state index in [0.717, 1.165) is 4.57 Å². The molecular weight excluding hydrogens is 291 g/mol. The highest BCUT2D eigenvalue weighted by Gasteiger charge is 2.39. The number of aromatic nitrogens is 3.